The van der Waals surface area contributed by atoms with Crippen LogP contribution in [0.4, 0.5) is 16.0 Å². The minimum absolute atomic E-state index is 0.127. The van der Waals surface area contributed by atoms with Gasteiger partial charge in [0.25, 0.3) is 5.91 Å². The van der Waals surface area contributed by atoms with Crippen molar-refractivity contribution in [2.75, 3.05) is 29.2 Å². The van der Waals surface area contributed by atoms with Crippen molar-refractivity contribution in [2.45, 2.75) is 26.7 Å². The molecular formula is C19H22N6O5S. The lowest BCUT2D eigenvalue weighted by atomic mass is 10.1. The van der Waals surface area contributed by atoms with Crippen molar-refractivity contribution in [1.82, 2.24) is 10.2 Å². The summed E-state index contributed by atoms with van der Waals surface area (Å²) in [7, 11) is 1.30. The molecule has 11 nitrogen and oxygen atoms in total. The lowest BCUT2D eigenvalue weighted by molar-refractivity contribution is -0.117. The predicted octanol–water partition coefficient (Wildman–Crippen LogP) is 2.48. The molecule has 0 spiro atoms. The first-order valence-electron chi connectivity index (χ1n) is 9.48. The topological polar surface area (TPSA) is 151 Å². The van der Waals surface area contributed by atoms with Crippen molar-refractivity contribution < 1.29 is 18.7 Å². The van der Waals surface area contributed by atoms with Crippen LogP contribution in [0.15, 0.2) is 27.1 Å². The number of nitrogens with one attached hydrogen (secondary N) is 3. The van der Waals surface area contributed by atoms with Gasteiger partial charge in [-0.3, -0.25) is 14.9 Å². The first-order valence-corrected chi connectivity index (χ1v) is 10.3. The fourth-order valence-electron chi connectivity index (χ4n) is 3.08. The van der Waals surface area contributed by atoms with Gasteiger partial charge >= 0.3 is 5.63 Å². The highest BCUT2D eigenvalue weighted by Crippen LogP contribution is 2.33. The van der Waals surface area contributed by atoms with Crippen molar-refractivity contribution in [3.05, 3.63) is 34.0 Å². The van der Waals surface area contributed by atoms with Gasteiger partial charge in [-0.25, -0.2) is 4.79 Å². The average Bonchev–Trinajstić information content (AvgIpc) is 3.33. The highest BCUT2D eigenvalue weighted by Gasteiger charge is 2.33. The molecule has 0 aromatic carbocycles. The molecule has 3 heterocycles. The summed E-state index contributed by atoms with van der Waals surface area (Å²) in [6, 6.07) is 1.32. The van der Waals surface area contributed by atoms with E-state index in [4.69, 9.17) is 14.6 Å². The molecule has 1 saturated heterocycles. The van der Waals surface area contributed by atoms with E-state index in [0.717, 1.165) is 24.0 Å². The largest absolute Gasteiger partial charge is 0.488 e. The van der Waals surface area contributed by atoms with Crippen LogP contribution in [0.2, 0.25) is 0 Å². The second kappa shape index (κ2) is 9.51. The average molecular weight is 446 g/mol. The number of allylic oxidation sites excluding steroid dienone is 2. The number of aromatic nitrogens is 2. The third-order valence-corrected chi connectivity index (χ3v) is 5.43. The Morgan fingerprint density at radius 3 is 2.71 bits per heavy atom. The molecular weight excluding hydrogens is 424 g/mol. The molecule has 2 aromatic heterocycles. The molecule has 0 aliphatic carbocycles. The Balaban J connectivity index is 1.84. The second-order valence-corrected chi connectivity index (χ2v) is 7.78. The summed E-state index contributed by atoms with van der Waals surface area (Å²) in [5.41, 5.74) is 0.0253. The second-order valence-electron chi connectivity index (χ2n) is 6.81. The molecule has 0 radical (unpaired) electrons. The van der Waals surface area contributed by atoms with Gasteiger partial charge in [0.15, 0.2) is 5.76 Å². The van der Waals surface area contributed by atoms with Gasteiger partial charge in [0.05, 0.1) is 12.8 Å². The third kappa shape index (κ3) is 4.97. The lowest BCUT2D eigenvalue weighted by Crippen LogP contribution is -2.27. The summed E-state index contributed by atoms with van der Waals surface area (Å²) in [5, 5.41) is 20.9. The fourth-order valence-corrected chi connectivity index (χ4v) is 3.78. The number of amides is 2. The summed E-state index contributed by atoms with van der Waals surface area (Å²) >= 11 is 1.06. The number of carbonyl (C=O) groups is 2. The van der Waals surface area contributed by atoms with Crippen LogP contribution < -0.4 is 25.9 Å². The van der Waals surface area contributed by atoms with Crippen LogP contribution in [0.5, 0.6) is 5.75 Å². The van der Waals surface area contributed by atoms with Crippen LogP contribution in [0.3, 0.4) is 0 Å². The molecule has 1 fully saturated rings. The summed E-state index contributed by atoms with van der Waals surface area (Å²) in [5.74, 6) is -1.10. The summed E-state index contributed by atoms with van der Waals surface area (Å²) in [6.45, 7) is 4.18. The van der Waals surface area contributed by atoms with Crippen LogP contribution in [-0.2, 0) is 4.79 Å². The number of carbonyl (C=O) groups excluding carboxylic acids is 2. The Morgan fingerprint density at radius 1 is 1.39 bits per heavy atom. The fraction of sp³-hybridized carbons (Fsp3) is 0.368. The lowest BCUT2D eigenvalue weighted by Gasteiger charge is -2.19. The van der Waals surface area contributed by atoms with Gasteiger partial charge in [0.1, 0.15) is 0 Å². The number of hydrogen-bond donors (Lipinski definition) is 3. The monoisotopic (exact) mass is 446 g/mol. The van der Waals surface area contributed by atoms with E-state index in [9.17, 15) is 14.4 Å². The van der Waals surface area contributed by atoms with Crippen molar-refractivity contribution in [1.29, 1.82) is 5.41 Å². The quantitative estimate of drug-likeness (QED) is 0.523. The van der Waals surface area contributed by atoms with E-state index in [2.05, 4.69) is 20.8 Å². The molecule has 0 saturated carbocycles. The molecule has 2 amide bonds. The Kier molecular flexibility index (Phi) is 6.80. The number of ether oxygens (including phenoxy) is 1. The van der Waals surface area contributed by atoms with Gasteiger partial charge in [-0.2, -0.15) is 0 Å². The number of rotatable bonds is 8. The molecule has 3 N–H and O–H groups in total. The molecule has 3 rings (SSSR count). The summed E-state index contributed by atoms with van der Waals surface area (Å²) in [4.78, 5) is 38.9. The first-order chi connectivity index (χ1) is 14.9. The molecule has 164 valence electrons. The van der Waals surface area contributed by atoms with Gasteiger partial charge in [0.2, 0.25) is 21.9 Å². The predicted molar refractivity (Wildman–Crippen MR) is 116 cm³/mol. The maximum atomic E-state index is 12.7. The Morgan fingerprint density at radius 2 is 2.10 bits per heavy atom. The zero-order chi connectivity index (χ0) is 22.5. The molecule has 12 heteroatoms. The number of methoxy groups -OCH3 is 1. The van der Waals surface area contributed by atoms with Crippen molar-refractivity contribution in [2.24, 2.45) is 5.92 Å². The Labute approximate surface area is 181 Å². The van der Waals surface area contributed by atoms with Crippen molar-refractivity contribution in [3.8, 4) is 5.75 Å². The van der Waals surface area contributed by atoms with E-state index < -0.39 is 11.5 Å². The molecule has 0 unspecified atom stereocenters. The normalized spacial score (nSPS) is 16.4. The maximum Gasteiger partial charge on any atom is 0.381 e. The number of anilines is 3. The molecule has 31 heavy (non-hydrogen) atoms. The third-order valence-electron chi connectivity index (χ3n) is 4.67. The number of nitrogens with zero attached hydrogens (tertiary/aromatic N) is 3. The molecule has 1 aliphatic rings. The van der Waals surface area contributed by atoms with Gasteiger partial charge < -0.3 is 24.8 Å². The Bertz CT molecular complexity index is 1090. The van der Waals surface area contributed by atoms with Crippen LogP contribution in [-0.4, -0.2) is 41.9 Å². The number of hydrogen-bond acceptors (Lipinski definition) is 10. The molecule has 0 bridgehead atoms. The van der Waals surface area contributed by atoms with Crippen molar-refractivity contribution in [3.63, 3.8) is 0 Å². The van der Waals surface area contributed by atoms with E-state index >= 15 is 0 Å². The van der Waals surface area contributed by atoms with Gasteiger partial charge in [-0.1, -0.05) is 24.7 Å². The molecule has 2 aromatic rings. The van der Waals surface area contributed by atoms with E-state index in [1.807, 2.05) is 6.92 Å². The standard InChI is InChI=1S/C19H22N6O5S/c1-4-11-7-14(26)25(9-11)12-8-13(30-17(28)15(12)29-3)16(27)22-19-24-23-18(31-19)21-10(2)5-6-20/h5-6,8,11,20H,4,7,9H2,1-3H3,(H,21,23)(H,22,24,27)/b10-5-,20-6?/t11-/m0/s1. The maximum absolute atomic E-state index is 12.7. The summed E-state index contributed by atoms with van der Waals surface area (Å²) in [6.07, 6.45) is 3.86. The van der Waals surface area contributed by atoms with E-state index in [0.29, 0.717) is 23.8 Å². The summed E-state index contributed by atoms with van der Waals surface area (Å²) < 4.78 is 10.2. The minimum Gasteiger partial charge on any atom is -0.488 e. The highest BCUT2D eigenvalue weighted by molar-refractivity contribution is 7.19. The van der Waals surface area contributed by atoms with E-state index in [1.54, 1.807) is 6.92 Å². The Hall–Kier alpha value is -3.54. The zero-order valence-corrected chi connectivity index (χ0v) is 18.0. The molecule has 1 aliphatic heterocycles. The van der Waals surface area contributed by atoms with Crippen molar-refractivity contribution >= 4 is 45.3 Å². The van der Waals surface area contributed by atoms with Gasteiger partial charge in [-0.05, 0) is 18.9 Å². The molecule has 1 atom stereocenters. The first kappa shape index (κ1) is 22.2. The zero-order valence-electron chi connectivity index (χ0n) is 17.2. The van der Waals surface area contributed by atoms with Gasteiger partial charge in [-0.15, -0.1) is 10.2 Å². The minimum atomic E-state index is -0.857. The van der Waals surface area contributed by atoms with Crippen LogP contribution in [0.25, 0.3) is 0 Å². The highest BCUT2D eigenvalue weighted by atomic mass is 32.1. The van der Waals surface area contributed by atoms with Gasteiger partial charge in [0, 0.05) is 30.9 Å². The SMILES string of the molecule is CC[C@H]1CC(=O)N(c2cc(C(=O)Nc3nnc(N/C(C)=C\C=N)s3)oc(=O)c2OC)C1. The van der Waals surface area contributed by atoms with Crippen LogP contribution in [0.1, 0.15) is 37.2 Å². The van der Waals surface area contributed by atoms with E-state index in [-0.39, 0.29) is 34.2 Å². The van der Waals surface area contributed by atoms with Crippen LogP contribution in [0, 0.1) is 11.3 Å². The van der Waals surface area contributed by atoms with Crippen LogP contribution >= 0.6 is 11.3 Å². The smallest absolute Gasteiger partial charge is 0.381 e. The van der Waals surface area contributed by atoms with E-state index in [1.165, 1.54) is 24.2 Å².